The van der Waals surface area contributed by atoms with Gasteiger partial charge in [-0.05, 0) is 12.5 Å². The molecule has 0 spiro atoms. The summed E-state index contributed by atoms with van der Waals surface area (Å²) in [6.45, 7) is 4.94. The van der Waals surface area contributed by atoms with E-state index in [9.17, 15) is 8.78 Å². The third-order valence-corrected chi connectivity index (χ3v) is 2.02. The van der Waals surface area contributed by atoms with E-state index in [4.69, 9.17) is 0 Å². The van der Waals surface area contributed by atoms with E-state index >= 15 is 0 Å². The van der Waals surface area contributed by atoms with Crippen molar-refractivity contribution in [2.75, 3.05) is 0 Å². The molecule has 0 aromatic heterocycles. The first kappa shape index (κ1) is 8.44. The van der Waals surface area contributed by atoms with Crippen molar-refractivity contribution in [3.63, 3.8) is 0 Å². The van der Waals surface area contributed by atoms with E-state index in [2.05, 4.69) is 0 Å². The molecule has 11 heavy (non-hydrogen) atoms. The van der Waals surface area contributed by atoms with E-state index in [1.807, 2.05) is 0 Å². The highest BCUT2D eigenvalue weighted by atomic mass is 19.2. The molecule has 0 saturated heterocycles. The smallest absolute Gasteiger partial charge is 0.160 e. The molecule has 0 aromatic carbocycles. The molecule has 0 aliphatic heterocycles. The summed E-state index contributed by atoms with van der Waals surface area (Å²) < 4.78 is 26.0. The number of alkyl halides is 1. The molecule has 0 nitrogen and oxygen atoms in total. The largest absolute Gasteiger partial charge is 0.239 e. The minimum Gasteiger partial charge on any atom is -0.239 e. The van der Waals surface area contributed by atoms with E-state index in [0.29, 0.717) is 5.57 Å². The van der Waals surface area contributed by atoms with Crippen molar-refractivity contribution in [1.29, 1.82) is 0 Å². The Morgan fingerprint density at radius 2 is 2.00 bits per heavy atom. The van der Waals surface area contributed by atoms with Crippen LogP contribution in [0.1, 0.15) is 20.8 Å². The fourth-order valence-corrected chi connectivity index (χ4v) is 1.03. The lowest BCUT2D eigenvalue weighted by Gasteiger charge is -2.27. The molecule has 1 aliphatic carbocycles. The number of hydrogen-bond donors (Lipinski definition) is 0. The van der Waals surface area contributed by atoms with Crippen LogP contribution in [0.5, 0.6) is 0 Å². The van der Waals surface area contributed by atoms with Crippen molar-refractivity contribution in [2.24, 2.45) is 5.41 Å². The van der Waals surface area contributed by atoms with Crippen LogP contribution in [0.3, 0.4) is 0 Å². The highest BCUT2D eigenvalue weighted by Gasteiger charge is 2.33. The Hall–Kier alpha value is -0.660. The lowest BCUT2D eigenvalue weighted by Crippen LogP contribution is -2.26. The first-order valence-electron chi connectivity index (χ1n) is 3.65. The molecular weight excluding hydrogens is 146 g/mol. The zero-order valence-corrected chi connectivity index (χ0v) is 6.99. The van der Waals surface area contributed by atoms with Gasteiger partial charge in [0.15, 0.2) is 6.17 Å². The molecule has 0 saturated carbocycles. The third-order valence-electron chi connectivity index (χ3n) is 2.02. The van der Waals surface area contributed by atoms with Gasteiger partial charge in [0.1, 0.15) is 5.83 Å². The first-order valence-corrected chi connectivity index (χ1v) is 3.65. The Balaban J connectivity index is 3.01. The van der Waals surface area contributed by atoms with Crippen molar-refractivity contribution >= 4 is 0 Å². The van der Waals surface area contributed by atoms with Crippen molar-refractivity contribution < 1.29 is 8.78 Å². The van der Waals surface area contributed by atoms with E-state index < -0.39 is 17.4 Å². The van der Waals surface area contributed by atoms with E-state index in [-0.39, 0.29) is 0 Å². The number of allylic oxidation sites excluding steroid dienone is 4. The molecular formula is C9H12F2. The van der Waals surface area contributed by atoms with Crippen molar-refractivity contribution in [3.05, 3.63) is 23.6 Å². The number of hydrogen-bond acceptors (Lipinski definition) is 0. The summed E-state index contributed by atoms with van der Waals surface area (Å²) in [5, 5.41) is 0. The van der Waals surface area contributed by atoms with Gasteiger partial charge in [0.2, 0.25) is 0 Å². The van der Waals surface area contributed by atoms with E-state index in [1.165, 1.54) is 0 Å². The van der Waals surface area contributed by atoms with Gasteiger partial charge in [0, 0.05) is 5.41 Å². The summed E-state index contributed by atoms with van der Waals surface area (Å²) in [5.74, 6) is -0.627. The molecule has 1 unspecified atom stereocenters. The maximum atomic E-state index is 13.1. The van der Waals surface area contributed by atoms with Crippen LogP contribution in [0.25, 0.3) is 0 Å². The summed E-state index contributed by atoms with van der Waals surface area (Å²) >= 11 is 0. The molecule has 0 fully saturated rings. The van der Waals surface area contributed by atoms with Crippen LogP contribution in [0.2, 0.25) is 0 Å². The van der Waals surface area contributed by atoms with Gasteiger partial charge in [-0.25, -0.2) is 8.78 Å². The van der Waals surface area contributed by atoms with E-state index in [0.717, 1.165) is 0 Å². The minimum absolute atomic E-state index is 0.400. The quantitative estimate of drug-likeness (QED) is 0.508. The molecule has 0 N–H and O–H groups in total. The molecule has 2 heteroatoms. The van der Waals surface area contributed by atoms with Crippen LogP contribution in [0, 0.1) is 5.41 Å². The molecule has 0 amide bonds. The predicted octanol–water partition coefficient (Wildman–Crippen LogP) is 3.16. The molecule has 1 rings (SSSR count). The fourth-order valence-electron chi connectivity index (χ4n) is 1.03. The van der Waals surface area contributed by atoms with Gasteiger partial charge >= 0.3 is 0 Å². The second-order valence-corrected chi connectivity index (χ2v) is 3.55. The maximum absolute atomic E-state index is 13.1. The van der Waals surface area contributed by atoms with Crippen LogP contribution in [-0.2, 0) is 0 Å². The zero-order valence-electron chi connectivity index (χ0n) is 6.99. The highest BCUT2D eigenvalue weighted by molar-refractivity contribution is 5.30. The van der Waals surface area contributed by atoms with Crippen LogP contribution < -0.4 is 0 Å². The minimum atomic E-state index is -1.48. The Morgan fingerprint density at radius 1 is 1.45 bits per heavy atom. The van der Waals surface area contributed by atoms with Gasteiger partial charge < -0.3 is 0 Å². The van der Waals surface area contributed by atoms with Gasteiger partial charge in [-0.15, -0.1) is 0 Å². The number of halogens is 2. The van der Waals surface area contributed by atoms with Gasteiger partial charge in [0.25, 0.3) is 0 Å². The lowest BCUT2D eigenvalue weighted by atomic mass is 9.82. The fraction of sp³-hybridized carbons (Fsp3) is 0.556. The van der Waals surface area contributed by atoms with E-state index in [1.54, 1.807) is 32.9 Å². The summed E-state index contributed by atoms with van der Waals surface area (Å²) in [7, 11) is 0. The van der Waals surface area contributed by atoms with Crippen LogP contribution in [0.15, 0.2) is 23.6 Å². The molecule has 0 bridgehead atoms. The molecule has 62 valence electrons. The predicted molar refractivity (Wildman–Crippen MR) is 41.6 cm³/mol. The van der Waals surface area contributed by atoms with Crippen LogP contribution in [0.4, 0.5) is 8.78 Å². The average Bonchev–Trinajstić information content (AvgIpc) is 1.95. The summed E-state index contributed by atoms with van der Waals surface area (Å²) in [6.07, 6.45) is 1.86. The highest BCUT2D eigenvalue weighted by Crippen LogP contribution is 2.36. The van der Waals surface area contributed by atoms with Crippen LogP contribution >= 0.6 is 0 Å². The molecule has 0 aromatic rings. The summed E-state index contributed by atoms with van der Waals surface area (Å²) in [5.41, 5.74) is -0.291. The van der Waals surface area contributed by atoms with Crippen molar-refractivity contribution in [1.82, 2.24) is 0 Å². The molecule has 0 heterocycles. The maximum Gasteiger partial charge on any atom is 0.160 e. The van der Waals surface area contributed by atoms with Crippen molar-refractivity contribution in [3.8, 4) is 0 Å². The molecule has 1 atom stereocenters. The average molecular weight is 158 g/mol. The Labute approximate surface area is 65.6 Å². The summed E-state index contributed by atoms with van der Waals surface area (Å²) in [4.78, 5) is 0. The second kappa shape index (κ2) is 2.43. The standard InChI is InChI=1S/C9H12F2/c1-6-4-5-9(2,3)8(11)7(6)10/h4-5,8H,1-3H3. The van der Waals surface area contributed by atoms with Gasteiger partial charge in [0.05, 0.1) is 0 Å². The van der Waals surface area contributed by atoms with Crippen molar-refractivity contribution in [2.45, 2.75) is 26.9 Å². The lowest BCUT2D eigenvalue weighted by molar-refractivity contribution is 0.191. The Kier molecular flexibility index (Phi) is 1.87. The molecule has 1 aliphatic rings. The monoisotopic (exact) mass is 158 g/mol. The molecule has 0 radical (unpaired) electrons. The summed E-state index contributed by atoms with van der Waals surface area (Å²) in [6, 6.07) is 0. The van der Waals surface area contributed by atoms with Crippen LogP contribution in [-0.4, -0.2) is 6.17 Å². The normalized spacial score (nSPS) is 29.4. The van der Waals surface area contributed by atoms with Gasteiger partial charge in [-0.3, -0.25) is 0 Å². The van der Waals surface area contributed by atoms with Gasteiger partial charge in [-0.1, -0.05) is 26.0 Å². The second-order valence-electron chi connectivity index (χ2n) is 3.55. The SMILES string of the molecule is CC1=C(F)C(F)C(C)(C)C=C1. The number of rotatable bonds is 0. The third kappa shape index (κ3) is 1.35. The Bertz CT molecular complexity index is 224. The Morgan fingerprint density at radius 3 is 2.45 bits per heavy atom. The zero-order chi connectivity index (χ0) is 8.65. The first-order chi connectivity index (χ1) is 4.95. The topological polar surface area (TPSA) is 0 Å². The van der Waals surface area contributed by atoms with Gasteiger partial charge in [-0.2, -0.15) is 0 Å².